The van der Waals surface area contributed by atoms with E-state index in [4.69, 9.17) is 0 Å². The van der Waals surface area contributed by atoms with Gasteiger partial charge in [0.1, 0.15) is 0 Å². The molecule has 0 spiro atoms. The average molecular weight is 337 g/mol. The lowest BCUT2D eigenvalue weighted by atomic mass is 9.89. The zero-order valence-corrected chi connectivity index (χ0v) is 14.8. The predicted octanol–water partition coefficient (Wildman–Crippen LogP) is 2.79. The van der Waals surface area contributed by atoms with Gasteiger partial charge >= 0.3 is 0 Å². The van der Waals surface area contributed by atoms with Gasteiger partial charge in [-0.25, -0.2) is 8.42 Å². The number of sulfonamides is 1. The lowest BCUT2D eigenvalue weighted by molar-refractivity contribution is 0.234. The highest BCUT2D eigenvalue weighted by molar-refractivity contribution is 7.89. The van der Waals surface area contributed by atoms with E-state index in [1.807, 2.05) is 12.1 Å². The van der Waals surface area contributed by atoms with Crippen molar-refractivity contribution in [2.45, 2.75) is 56.4 Å². The Hall–Kier alpha value is -0.910. The second-order valence-corrected chi connectivity index (χ2v) is 8.78. The smallest absolute Gasteiger partial charge is 0.243 e. The Morgan fingerprint density at radius 1 is 1.13 bits per heavy atom. The molecule has 1 N–H and O–H groups in total. The van der Waals surface area contributed by atoms with Gasteiger partial charge in [0.05, 0.1) is 4.90 Å². The molecule has 1 unspecified atom stereocenters. The van der Waals surface area contributed by atoms with Crippen LogP contribution in [0.2, 0.25) is 0 Å². The second kappa shape index (κ2) is 7.32. The van der Waals surface area contributed by atoms with Crippen LogP contribution in [0.3, 0.4) is 0 Å². The lowest BCUT2D eigenvalue weighted by Gasteiger charge is -2.34. The van der Waals surface area contributed by atoms with E-state index >= 15 is 0 Å². The standard InChI is InChI=1S/C18H28N2O2S/c1-2-4-15-6-8-17(9-7-15)23(21,22)20-13-10-16(11-14-20)18-5-3-12-19-18/h6-9,16,18-19H,2-5,10-14H2,1H3. The number of hydrogen-bond acceptors (Lipinski definition) is 3. The monoisotopic (exact) mass is 336 g/mol. The summed E-state index contributed by atoms with van der Waals surface area (Å²) in [6.07, 6.45) is 6.54. The Balaban J connectivity index is 1.63. The van der Waals surface area contributed by atoms with Gasteiger partial charge in [-0.05, 0) is 62.3 Å². The first-order valence-electron chi connectivity index (χ1n) is 8.93. The van der Waals surface area contributed by atoms with Crippen LogP contribution in [0.25, 0.3) is 0 Å². The van der Waals surface area contributed by atoms with Crippen LogP contribution >= 0.6 is 0 Å². The molecule has 4 nitrogen and oxygen atoms in total. The van der Waals surface area contributed by atoms with Gasteiger partial charge in [-0.2, -0.15) is 4.31 Å². The number of rotatable bonds is 5. The van der Waals surface area contributed by atoms with Gasteiger partial charge in [0.15, 0.2) is 0 Å². The quantitative estimate of drug-likeness (QED) is 0.899. The van der Waals surface area contributed by atoms with E-state index in [-0.39, 0.29) is 0 Å². The molecule has 0 aromatic heterocycles. The molecule has 23 heavy (non-hydrogen) atoms. The molecule has 0 aliphatic carbocycles. The molecule has 2 saturated heterocycles. The van der Waals surface area contributed by atoms with Crippen molar-refractivity contribution in [1.29, 1.82) is 0 Å². The first kappa shape index (κ1) is 16.9. The maximum absolute atomic E-state index is 12.8. The van der Waals surface area contributed by atoms with Crippen LogP contribution in [0.5, 0.6) is 0 Å². The van der Waals surface area contributed by atoms with Crippen LogP contribution in [0.4, 0.5) is 0 Å². The van der Waals surface area contributed by atoms with E-state index in [2.05, 4.69) is 12.2 Å². The normalized spacial score (nSPS) is 24.1. The van der Waals surface area contributed by atoms with Crippen LogP contribution in [0.1, 0.15) is 44.6 Å². The van der Waals surface area contributed by atoms with Gasteiger partial charge in [0.2, 0.25) is 10.0 Å². The molecule has 0 radical (unpaired) electrons. The Bertz CT molecular complexity index is 598. The minimum Gasteiger partial charge on any atom is -0.314 e. The van der Waals surface area contributed by atoms with E-state index < -0.39 is 10.0 Å². The van der Waals surface area contributed by atoms with Crippen LogP contribution < -0.4 is 5.32 Å². The van der Waals surface area contributed by atoms with Crippen molar-refractivity contribution >= 4 is 10.0 Å². The van der Waals surface area contributed by atoms with E-state index in [0.29, 0.717) is 29.9 Å². The fraction of sp³-hybridized carbons (Fsp3) is 0.667. The molecule has 1 aromatic carbocycles. The number of piperidine rings is 1. The van der Waals surface area contributed by atoms with Gasteiger partial charge < -0.3 is 5.32 Å². The third kappa shape index (κ3) is 3.78. The summed E-state index contributed by atoms with van der Waals surface area (Å²) < 4.78 is 27.3. The Kier molecular flexibility index (Phi) is 5.39. The van der Waals surface area contributed by atoms with Crippen molar-refractivity contribution in [2.24, 2.45) is 5.92 Å². The highest BCUT2D eigenvalue weighted by atomic mass is 32.2. The summed E-state index contributed by atoms with van der Waals surface area (Å²) in [6, 6.07) is 8.04. The molecule has 0 bridgehead atoms. The maximum atomic E-state index is 12.8. The molecule has 2 heterocycles. The zero-order chi connectivity index (χ0) is 16.3. The SMILES string of the molecule is CCCc1ccc(S(=O)(=O)N2CCC(C3CCCN3)CC2)cc1. The summed E-state index contributed by atoms with van der Waals surface area (Å²) in [6.45, 7) is 4.56. The number of hydrogen-bond donors (Lipinski definition) is 1. The molecule has 0 amide bonds. The van der Waals surface area contributed by atoms with E-state index in [9.17, 15) is 8.42 Å². The van der Waals surface area contributed by atoms with Crippen molar-refractivity contribution in [2.75, 3.05) is 19.6 Å². The zero-order valence-electron chi connectivity index (χ0n) is 14.0. The molecule has 0 saturated carbocycles. The molecule has 2 fully saturated rings. The summed E-state index contributed by atoms with van der Waals surface area (Å²) in [5.41, 5.74) is 1.21. The third-order valence-electron chi connectivity index (χ3n) is 5.27. The van der Waals surface area contributed by atoms with E-state index in [1.54, 1.807) is 16.4 Å². The molecule has 1 aromatic rings. The number of aryl methyl sites for hydroxylation is 1. The third-order valence-corrected chi connectivity index (χ3v) is 7.18. The summed E-state index contributed by atoms with van der Waals surface area (Å²) in [5, 5.41) is 3.56. The van der Waals surface area contributed by atoms with Gasteiger partial charge in [0, 0.05) is 19.1 Å². The Morgan fingerprint density at radius 3 is 2.39 bits per heavy atom. The second-order valence-electron chi connectivity index (χ2n) is 6.84. The molecule has 128 valence electrons. The summed E-state index contributed by atoms with van der Waals surface area (Å²) >= 11 is 0. The highest BCUT2D eigenvalue weighted by Gasteiger charge is 2.33. The fourth-order valence-electron chi connectivity index (χ4n) is 3.90. The minimum absolute atomic E-state index is 0.440. The van der Waals surface area contributed by atoms with Crippen LogP contribution in [0, 0.1) is 5.92 Å². The van der Waals surface area contributed by atoms with E-state index in [0.717, 1.165) is 32.2 Å². The van der Waals surface area contributed by atoms with Crippen LogP contribution in [0.15, 0.2) is 29.2 Å². The molecular weight excluding hydrogens is 308 g/mol. The first-order chi connectivity index (χ1) is 11.1. The maximum Gasteiger partial charge on any atom is 0.243 e. The Morgan fingerprint density at radius 2 is 1.83 bits per heavy atom. The molecule has 5 heteroatoms. The van der Waals surface area contributed by atoms with Crippen molar-refractivity contribution in [1.82, 2.24) is 9.62 Å². The Labute approximate surface area is 140 Å². The molecule has 2 aliphatic heterocycles. The topological polar surface area (TPSA) is 49.4 Å². The van der Waals surface area contributed by atoms with Crippen molar-refractivity contribution in [3.8, 4) is 0 Å². The lowest BCUT2D eigenvalue weighted by Crippen LogP contribution is -2.43. The molecule has 3 rings (SSSR count). The predicted molar refractivity (Wildman–Crippen MR) is 92.9 cm³/mol. The number of nitrogens with one attached hydrogen (secondary N) is 1. The molecular formula is C18H28N2O2S. The van der Waals surface area contributed by atoms with Crippen LogP contribution in [-0.2, 0) is 16.4 Å². The average Bonchev–Trinajstić information content (AvgIpc) is 3.10. The minimum atomic E-state index is -3.33. The van der Waals surface area contributed by atoms with Gasteiger partial charge in [-0.15, -0.1) is 0 Å². The molecule has 1 atom stereocenters. The van der Waals surface area contributed by atoms with Crippen molar-refractivity contribution < 1.29 is 8.42 Å². The first-order valence-corrected chi connectivity index (χ1v) is 10.4. The number of benzene rings is 1. The number of nitrogens with zero attached hydrogens (tertiary/aromatic N) is 1. The largest absolute Gasteiger partial charge is 0.314 e. The van der Waals surface area contributed by atoms with Gasteiger partial charge in [-0.1, -0.05) is 25.5 Å². The summed E-state index contributed by atoms with van der Waals surface area (Å²) in [5.74, 6) is 0.635. The van der Waals surface area contributed by atoms with Crippen molar-refractivity contribution in [3.05, 3.63) is 29.8 Å². The highest BCUT2D eigenvalue weighted by Crippen LogP contribution is 2.28. The summed E-state index contributed by atoms with van der Waals surface area (Å²) in [7, 11) is -3.33. The van der Waals surface area contributed by atoms with Gasteiger partial charge in [0.25, 0.3) is 0 Å². The van der Waals surface area contributed by atoms with E-state index in [1.165, 1.54) is 18.4 Å². The van der Waals surface area contributed by atoms with Crippen LogP contribution in [-0.4, -0.2) is 38.4 Å². The van der Waals surface area contributed by atoms with Gasteiger partial charge in [-0.3, -0.25) is 0 Å². The summed E-state index contributed by atoms with van der Waals surface area (Å²) in [4.78, 5) is 0.440. The molecule has 2 aliphatic rings. The van der Waals surface area contributed by atoms with Crippen molar-refractivity contribution in [3.63, 3.8) is 0 Å². The fourth-order valence-corrected chi connectivity index (χ4v) is 5.37.